The molecule has 2 atom stereocenters. The van der Waals surface area contributed by atoms with Gasteiger partial charge in [-0.25, -0.2) is 9.50 Å². The summed E-state index contributed by atoms with van der Waals surface area (Å²) < 4.78 is 7.17. The lowest BCUT2D eigenvalue weighted by Gasteiger charge is -2.34. The minimum absolute atomic E-state index is 0.161. The molecule has 0 fully saturated rings. The standard InChI is InChI=1S/C25H33N3O3/c1-15-9-11-18(12-10-15)22-21(25(7,23(29)30)16(2)14-31-8)17(3)26-20-13-19(24(4,5)6)27-28(20)22/h9-13,16H,14H2,1-8H3,(H,29,30). The number of carboxylic acids is 1. The fraction of sp³-hybridized carbons (Fsp3) is 0.480. The summed E-state index contributed by atoms with van der Waals surface area (Å²) in [6.07, 6.45) is 0. The second kappa shape index (κ2) is 8.08. The summed E-state index contributed by atoms with van der Waals surface area (Å²) in [6, 6.07) is 10.1. The van der Waals surface area contributed by atoms with E-state index < -0.39 is 11.4 Å². The van der Waals surface area contributed by atoms with E-state index in [-0.39, 0.29) is 11.3 Å². The van der Waals surface area contributed by atoms with E-state index in [1.807, 2.05) is 55.6 Å². The minimum Gasteiger partial charge on any atom is -0.481 e. The maximum absolute atomic E-state index is 12.7. The van der Waals surface area contributed by atoms with Gasteiger partial charge in [-0.2, -0.15) is 5.10 Å². The van der Waals surface area contributed by atoms with E-state index in [1.54, 1.807) is 14.0 Å². The van der Waals surface area contributed by atoms with E-state index in [1.165, 1.54) is 0 Å². The van der Waals surface area contributed by atoms with Gasteiger partial charge in [-0.3, -0.25) is 4.79 Å². The van der Waals surface area contributed by atoms with Crippen LogP contribution < -0.4 is 0 Å². The van der Waals surface area contributed by atoms with Crippen molar-refractivity contribution in [2.75, 3.05) is 13.7 Å². The highest BCUT2D eigenvalue weighted by molar-refractivity contribution is 5.86. The fourth-order valence-electron chi connectivity index (χ4n) is 4.07. The lowest BCUT2D eigenvalue weighted by Crippen LogP contribution is -2.42. The van der Waals surface area contributed by atoms with Crippen molar-refractivity contribution >= 4 is 11.6 Å². The molecule has 6 heteroatoms. The van der Waals surface area contributed by atoms with Crippen LogP contribution in [-0.4, -0.2) is 39.4 Å². The highest BCUT2D eigenvalue weighted by Crippen LogP contribution is 2.41. The number of nitrogens with zero attached hydrogens (tertiary/aromatic N) is 3. The van der Waals surface area contributed by atoms with Crippen LogP contribution in [0.1, 0.15) is 57.1 Å². The Bertz CT molecular complexity index is 1110. The molecule has 1 N–H and O–H groups in total. The molecule has 0 amide bonds. The number of carboxylic acid groups (broad SMARTS) is 1. The van der Waals surface area contributed by atoms with Crippen molar-refractivity contribution in [3.63, 3.8) is 0 Å². The van der Waals surface area contributed by atoms with Crippen LogP contribution >= 0.6 is 0 Å². The third-order valence-electron chi connectivity index (χ3n) is 6.24. The number of ether oxygens (including phenoxy) is 1. The zero-order valence-corrected chi connectivity index (χ0v) is 19.8. The number of fused-ring (bicyclic) bond motifs is 1. The largest absolute Gasteiger partial charge is 0.481 e. The van der Waals surface area contributed by atoms with Crippen molar-refractivity contribution in [1.82, 2.24) is 14.6 Å². The van der Waals surface area contributed by atoms with Crippen molar-refractivity contribution in [3.05, 3.63) is 52.8 Å². The van der Waals surface area contributed by atoms with Gasteiger partial charge in [0.25, 0.3) is 0 Å². The monoisotopic (exact) mass is 423 g/mol. The van der Waals surface area contributed by atoms with Gasteiger partial charge < -0.3 is 9.84 Å². The lowest BCUT2D eigenvalue weighted by molar-refractivity contribution is -0.146. The van der Waals surface area contributed by atoms with Crippen LogP contribution in [0, 0.1) is 19.8 Å². The Morgan fingerprint density at radius 2 is 1.77 bits per heavy atom. The van der Waals surface area contributed by atoms with Crippen molar-refractivity contribution in [1.29, 1.82) is 0 Å². The predicted molar refractivity (Wildman–Crippen MR) is 123 cm³/mol. The van der Waals surface area contributed by atoms with E-state index in [0.717, 1.165) is 22.5 Å². The van der Waals surface area contributed by atoms with Crippen LogP contribution in [0.3, 0.4) is 0 Å². The first-order chi connectivity index (χ1) is 14.4. The Kier molecular flexibility index (Phi) is 5.98. The molecule has 0 aliphatic heterocycles. The highest BCUT2D eigenvalue weighted by Gasteiger charge is 2.45. The van der Waals surface area contributed by atoms with Crippen molar-refractivity contribution < 1.29 is 14.6 Å². The third kappa shape index (κ3) is 3.97. The number of carbonyl (C=O) groups is 1. The third-order valence-corrected chi connectivity index (χ3v) is 6.24. The number of hydrogen-bond acceptors (Lipinski definition) is 4. The molecule has 166 valence electrons. The van der Waals surface area contributed by atoms with Gasteiger partial charge in [0.2, 0.25) is 0 Å². The van der Waals surface area contributed by atoms with Crippen molar-refractivity contribution in [3.8, 4) is 11.3 Å². The van der Waals surface area contributed by atoms with Crippen LogP contribution in [0.15, 0.2) is 30.3 Å². The molecule has 3 rings (SSSR count). The van der Waals surface area contributed by atoms with Crippen LogP contribution in [0.2, 0.25) is 0 Å². The van der Waals surface area contributed by atoms with Crippen LogP contribution in [-0.2, 0) is 20.4 Å². The normalized spacial score (nSPS) is 15.1. The summed E-state index contributed by atoms with van der Waals surface area (Å²) >= 11 is 0. The van der Waals surface area contributed by atoms with Crippen molar-refractivity contribution in [2.24, 2.45) is 5.92 Å². The quantitative estimate of drug-likeness (QED) is 0.608. The van der Waals surface area contributed by atoms with Gasteiger partial charge in [0, 0.05) is 35.4 Å². The topological polar surface area (TPSA) is 76.7 Å². The van der Waals surface area contributed by atoms with E-state index in [0.29, 0.717) is 23.5 Å². The number of benzene rings is 1. The number of aliphatic carboxylic acids is 1. The maximum atomic E-state index is 12.7. The van der Waals surface area contributed by atoms with E-state index in [2.05, 4.69) is 20.8 Å². The van der Waals surface area contributed by atoms with Gasteiger partial charge in [0.15, 0.2) is 5.65 Å². The molecule has 0 saturated heterocycles. The van der Waals surface area contributed by atoms with Gasteiger partial charge in [-0.05, 0) is 26.7 Å². The summed E-state index contributed by atoms with van der Waals surface area (Å²) in [5, 5.41) is 15.3. The summed E-state index contributed by atoms with van der Waals surface area (Å²) in [5.41, 5.74) is 4.43. The first-order valence-corrected chi connectivity index (χ1v) is 10.6. The summed E-state index contributed by atoms with van der Waals surface area (Å²) in [4.78, 5) is 17.5. The Labute approximate surface area is 184 Å². The number of aryl methyl sites for hydroxylation is 2. The van der Waals surface area contributed by atoms with E-state index >= 15 is 0 Å². The molecule has 2 aromatic heterocycles. The summed E-state index contributed by atoms with van der Waals surface area (Å²) in [7, 11) is 1.59. The molecule has 3 aromatic rings. The molecule has 0 radical (unpaired) electrons. The van der Waals surface area contributed by atoms with E-state index in [9.17, 15) is 9.90 Å². The maximum Gasteiger partial charge on any atom is 0.314 e. The zero-order valence-electron chi connectivity index (χ0n) is 19.8. The van der Waals surface area contributed by atoms with Crippen LogP contribution in [0.4, 0.5) is 0 Å². The Balaban J connectivity index is 2.47. The molecule has 6 nitrogen and oxygen atoms in total. The lowest BCUT2D eigenvalue weighted by atomic mass is 9.70. The number of rotatable bonds is 6. The second-order valence-electron chi connectivity index (χ2n) is 9.70. The first-order valence-electron chi connectivity index (χ1n) is 10.6. The SMILES string of the molecule is COCC(C)C(C)(C(=O)O)c1c(C)nc2cc(C(C)(C)C)nn2c1-c1ccc(C)cc1. The number of aromatic nitrogens is 3. The summed E-state index contributed by atoms with van der Waals surface area (Å²) in [6.45, 7) is 14.2. The zero-order chi connectivity index (χ0) is 23.1. The Morgan fingerprint density at radius 1 is 1.16 bits per heavy atom. The highest BCUT2D eigenvalue weighted by atomic mass is 16.5. The van der Waals surface area contributed by atoms with E-state index in [4.69, 9.17) is 14.8 Å². The molecule has 31 heavy (non-hydrogen) atoms. The first kappa shape index (κ1) is 22.9. The summed E-state index contributed by atoms with van der Waals surface area (Å²) in [5.74, 6) is -1.19. The molecule has 0 bridgehead atoms. The average Bonchev–Trinajstić information content (AvgIpc) is 3.11. The predicted octanol–water partition coefficient (Wildman–Crippen LogP) is 4.94. The molecule has 2 heterocycles. The Hall–Kier alpha value is -2.73. The molecule has 2 unspecified atom stereocenters. The average molecular weight is 424 g/mol. The van der Waals surface area contributed by atoms with Gasteiger partial charge >= 0.3 is 5.97 Å². The van der Waals surface area contributed by atoms with Gasteiger partial charge in [-0.15, -0.1) is 0 Å². The molecule has 0 saturated carbocycles. The molecule has 1 aromatic carbocycles. The molecular formula is C25H33N3O3. The molecule has 0 spiro atoms. The smallest absolute Gasteiger partial charge is 0.314 e. The molecular weight excluding hydrogens is 390 g/mol. The van der Waals surface area contributed by atoms with Crippen LogP contribution in [0.5, 0.6) is 0 Å². The van der Waals surface area contributed by atoms with Crippen molar-refractivity contribution in [2.45, 2.75) is 59.3 Å². The fourth-order valence-corrected chi connectivity index (χ4v) is 4.07. The van der Waals surface area contributed by atoms with Gasteiger partial charge in [0.1, 0.15) is 0 Å². The number of methoxy groups -OCH3 is 1. The minimum atomic E-state index is -1.21. The number of hydrogen-bond donors (Lipinski definition) is 1. The van der Waals surface area contributed by atoms with Gasteiger partial charge in [0.05, 0.1) is 23.4 Å². The van der Waals surface area contributed by atoms with Gasteiger partial charge in [-0.1, -0.05) is 57.5 Å². The second-order valence-corrected chi connectivity index (χ2v) is 9.70. The molecule has 0 aliphatic rings. The Morgan fingerprint density at radius 3 is 2.29 bits per heavy atom. The van der Waals surface area contributed by atoms with Crippen LogP contribution in [0.25, 0.3) is 16.9 Å². The molecule has 0 aliphatic carbocycles.